The Labute approximate surface area is 188 Å². The van der Waals surface area contributed by atoms with E-state index in [0.717, 1.165) is 10.1 Å². The molecule has 0 atom stereocenters. The average molecular weight is 473 g/mol. The number of sulfonamides is 1. The molecule has 6 nitrogen and oxygen atoms in total. The lowest BCUT2D eigenvalue weighted by Crippen LogP contribution is -2.13. The third kappa shape index (κ3) is 4.51. The van der Waals surface area contributed by atoms with Crippen LogP contribution in [0.25, 0.3) is 10.1 Å². The number of carbonyl (C=O) groups is 1. The number of nitrogens with one attached hydrogen (secondary N) is 2. The van der Waals surface area contributed by atoms with Gasteiger partial charge in [0.2, 0.25) is 0 Å². The molecule has 3 aromatic carbocycles. The number of rotatable bonds is 6. The van der Waals surface area contributed by atoms with E-state index in [2.05, 4.69) is 10.0 Å². The number of fused-ring (bicyclic) bond motifs is 1. The van der Waals surface area contributed by atoms with Crippen molar-refractivity contribution >= 4 is 60.3 Å². The van der Waals surface area contributed by atoms with Gasteiger partial charge in [0.1, 0.15) is 10.6 Å². The van der Waals surface area contributed by atoms with Gasteiger partial charge < -0.3 is 10.1 Å². The van der Waals surface area contributed by atoms with E-state index in [9.17, 15) is 13.2 Å². The molecule has 0 radical (unpaired) electrons. The SMILES string of the molecule is COc1ccc2c(Cl)c(C(=O)Nc3ccc(S(=O)(=O)Nc4ccccc4)cc3)sc2c1. The van der Waals surface area contributed by atoms with Gasteiger partial charge in [0, 0.05) is 21.5 Å². The van der Waals surface area contributed by atoms with E-state index >= 15 is 0 Å². The number of hydrogen-bond acceptors (Lipinski definition) is 5. The molecular formula is C22H17ClN2O4S2. The zero-order valence-electron chi connectivity index (χ0n) is 16.3. The Hall–Kier alpha value is -3.07. The van der Waals surface area contributed by atoms with Gasteiger partial charge in [-0.25, -0.2) is 8.42 Å². The summed E-state index contributed by atoms with van der Waals surface area (Å²) in [7, 11) is -2.16. The third-order valence-electron chi connectivity index (χ3n) is 4.49. The van der Waals surface area contributed by atoms with E-state index in [1.54, 1.807) is 43.5 Å². The molecule has 9 heteroatoms. The first-order valence-corrected chi connectivity index (χ1v) is 11.8. The standard InChI is InChI=1S/C22H17ClN2O4S2/c1-29-16-9-12-18-19(13-16)30-21(20(18)23)22(26)24-14-7-10-17(11-8-14)31(27,28)25-15-5-3-2-4-6-15/h2-13,25H,1H3,(H,24,26). The van der Waals surface area contributed by atoms with Gasteiger partial charge >= 0.3 is 0 Å². The highest BCUT2D eigenvalue weighted by molar-refractivity contribution is 7.92. The molecule has 4 aromatic rings. The van der Waals surface area contributed by atoms with Gasteiger partial charge in [0.15, 0.2) is 0 Å². The van der Waals surface area contributed by atoms with Crippen molar-refractivity contribution in [1.82, 2.24) is 0 Å². The highest BCUT2D eigenvalue weighted by atomic mass is 35.5. The number of methoxy groups -OCH3 is 1. The lowest BCUT2D eigenvalue weighted by atomic mass is 10.2. The number of benzene rings is 3. The Morgan fingerprint density at radius 2 is 1.68 bits per heavy atom. The minimum atomic E-state index is -3.74. The predicted molar refractivity (Wildman–Crippen MR) is 125 cm³/mol. The van der Waals surface area contributed by atoms with Crippen LogP contribution in [-0.2, 0) is 10.0 Å². The smallest absolute Gasteiger partial charge is 0.267 e. The first-order valence-electron chi connectivity index (χ1n) is 9.13. The fourth-order valence-corrected chi connectivity index (χ4v) is 5.44. The van der Waals surface area contributed by atoms with E-state index in [0.29, 0.717) is 27.0 Å². The topological polar surface area (TPSA) is 84.5 Å². The summed E-state index contributed by atoms with van der Waals surface area (Å²) in [5, 5.41) is 3.89. The summed E-state index contributed by atoms with van der Waals surface area (Å²) in [6.45, 7) is 0. The summed E-state index contributed by atoms with van der Waals surface area (Å²) < 4.78 is 33.6. The maximum atomic E-state index is 12.7. The number of carbonyl (C=O) groups excluding carboxylic acids is 1. The highest BCUT2D eigenvalue weighted by Gasteiger charge is 2.19. The van der Waals surface area contributed by atoms with Crippen molar-refractivity contribution in [1.29, 1.82) is 0 Å². The van der Waals surface area contributed by atoms with E-state index in [1.165, 1.54) is 35.6 Å². The summed E-state index contributed by atoms with van der Waals surface area (Å²) in [5.41, 5.74) is 0.922. The third-order valence-corrected chi connectivity index (χ3v) is 7.54. The van der Waals surface area contributed by atoms with Crippen LogP contribution in [0, 0.1) is 0 Å². The molecule has 0 bridgehead atoms. The second-order valence-electron chi connectivity index (χ2n) is 6.56. The number of para-hydroxylation sites is 1. The van der Waals surface area contributed by atoms with Crippen LogP contribution in [0.15, 0.2) is 77.7 Å². The molecule has 0 aliphatic rings. The van der Waals surface area contributed by atoms with Crippen molar-refractivity contribution in [3.05, 3.63) is 82.7 Å². The van der Waals surface area contributed by atoms with Crippen LogP contribution in [0.4, 0.5) is 11.4 Å². The van der Waals surface area contributed by atoms with E-state index in [-0.39, 0.29) is 10.8 Å². The Morgan fingerprint density at radius 1 is 0.968 bits per heavy atom. The summed E-state index contributed by atoms with van der Waals surface area (Å²) in [6, 6.07) is 19.9. The molecule has 1 aromatic heterocycles. The molecule has 1 heterocycles. The summed E-state index contributed by atoms with van der Waals surface area (Å²) in [6.07, 6.45) is 0. The maximum Gasteiger partial charge on any atom is 0.267 e. The van der Waals surface area contributed by atoms with Gasteiger partial charge in [0.25, 0.3) is 15.9 Å². The number of amides is 1. The second-order valence-corrected chi connectivity index (χ2v) is 9.67. The molecule has 1 amide bonds. The molecule has 0 spiro atoms. The zero-order valence-corrected chi connectivity index (χ0v) is 18.6. The zero-order chi connectivity index (χ0) is 22.0. The van der Waals surface area contributed by atoms with Gasteiger partial charge in [-0.3, -0.25) is 9.52 Å². The Kier molecular flexibility index (Phi) is 5.86. The fourth-order valence-electron chi connectivity index (χ4n) is 2.94. The monoisotopic (exact) mass is 472 g/mol. The molecule has 0 unspecified atom stereocenters. The van der Waals surface area contributed by atoms with Crippen LogP contribution in [0.1, 0.15) is 9.67 Å². The molecule has 0 aliphatic carbocycles. The van der Waals surface area contributed by atoms with Gasteiger partial charge in [-0.1, -0.05) is 29.8 Å². The van der Waals surface area contributed by atoms with Crippen molar-refractivity contribution in [2.24, 2.45) is 0 Å². The average Bonchev–Trinajstić information content (AvgIpc) is 3.10. The molecule has 0 saturated heterocycles. The molecule has 158 valence electrons. The number of ether oxygens (including phenoxy) is 1. The van der Waals surface area contributed by atoms with E-state index in [1.807, 2.05) is 12.1 Å². The van der Waals surface area contributed by atoms with Crippen LogP contribution < -0.4 is 14.8 Å². The molecule has 2 N–H and O–H groups in total. The first-order chi connectivity index (χ1) is 14.9. The predicted octanol–water partition coefficient (Wildman–Crippen LogP) is 5.62. The molecular weight excluding hydrogens is 456 g/mol. The Bertz CT molecular complexity index is 1350. The molecule has 4 rings (SSSR count). The van der Waals surface area contributed by atoms with E-state index in [4.69, 9.17) is 16.3 Å². The molecule has 0 fully saturated rings. The van der Waals surface area contributed by atoms with Crippen molar-refractivity contribution in [3.63, 3.8) is 0 Å². The minimum Gasteiger partial charge on any atom is -0.497 e. The summed E-state index contributed by atoms with van der Waals surface area (Å²) in [5.74, 6) is 0.307. The maximum absolute atomic E-state index is 12.7. The number of halogens is 1. The van der Waals surface area contributed by atoms with Gasteiger partial charge in [0.05, 0.1) is 17.0 Å². The lowest BCUT2D eigenvalue weighted by Gasteiger charge is -2.09. The molecule has 0 saturated carbocycles. The van der Waals surface area contributed by atoms with Crippen LogP contribution in [0.5, 0.6) is 5.75 Å². The van der Waals surface area contributed by atoms with Crippen molar-refractivity contribution < 1.29 is 17.9 Å². The first kappa shape index (κ1) is 21.2. The highest BCUT2D eigenvalue weighted by Crippen LogP contribution is 2.37. The van der Waals surface area contributed by atoms with Gasteiger partial charge in [-0.2, -0.15) is 0 Å². The number of hydrogen-bond donors (Lipinski definition) is 2. The Morgan fingerprint density at radius 3 is 2.35 bits per heavy atom. The Balaban J connectivity index is 1.52. The van der Waals surface area contributed by atoms with Crippen molar-refractivity contribution in [2.75, 3.05) is 17.1 Å². The summed E-state index contributed by atoms with van der Waals surface area (Å²) in [4.78, 5) is 13.2. The van der Waals surface area contributed by atoms with Crippen LogP contribution in [0.2, 0.25) is 5.02 Å². The lowest BCUT2D eigenvalue weighted by molar-refractivity contribution is 0.103. The normalized spacial score (nSPS) is 11.3. The van der Waals surface area contributed by atoms with Crippen molar-refractivity contribution in [3.8, 4) is 5.75 Å². The number of thiophene rings is 1. The van der Waals surface area contributed by atoms with Gasteiger partial charge in [-0.05, 0) is 54.6 Å². The second kappa shape index (κ2) is 8.58. The number of anilines is 2. The largest absolute Gasteiger partial charge is 0.497 e. The van der Waals surface area contributed by atoms with Crippen LogP contribution in [-0.4, -0.2) is 21.4 Å². The van der Waals surface area contributed by atoms with E-state index < -0.39 is 10.0 Å². The summed E-state index contributed by atoms with van der Waals surface area (Å²) >= 11 is 7.66. The van der Waals surface area contributed by atoms with Crippen LogP contribution >= 0.6 is 22.9 Å². The molecule has 0 aliphatic heterocycles. The molecule has 31 heavy (non-hydrogen) atoms. The van der Waals surface area contributed by atoms with Crippen molar-refractivity contribution in [2.45, 2.75) is 4.90 Å². The minimum absolute atomic E-state index is 0.0846. The van der Waals surface area contributed by atoms with Gasteiger partial charge in [-0.15, -0.1) is 11.3 Å². The van der Waals surface area contributed by atoms with Crippen LogP contribution in [0.3, 0.4) is 0 Å². The quantitative estimate of drug-likeness (QED) is 0.381. The fraction of sp³-hybridized carbons (Fsp3) is 0.0455.